The maximum Gasteiger partial charge on any atom is 0.143 e. The molecule has 0 bridgehead atoms. The average molecular weight is 379 g/mol. The summed E-state index contributed by atoms with van der Waals surface area (Å²) in [7, 11) is 0. The largest absolute Gasteiger partial charge is 0.390 e. The lowest BCUT2D eigenvalue weighted by atomic mass is 9.80. The fourth-order valence-corrected chi connectivity index (χ4v) is 5.07. The lowest BCUT2D eigenvalue weighted by Gasteiger charge is -2.26. The smallest absolute Gasteiger partial charge is 0.143 e. The number of fused-ring (bicyclic) bond motifs is 1. The second kappa shape index (κ2) is 6.65. The van der Waals surface area contributed by atoms with E-state index in [2.05, 4.69) is 22.1 Å². The van der Waals surface area contributed by atoms with Crippen LogP contribution in [-0.4, -0.2) is 49.7 Å². The first-order valence-corrected chi connectivity index (χ1v) is 9.87. The Kier molecular flexibility index (Phi) is 4.23. The van der Waals surface area contributed by atoms with Crippen LogP contribution >= 0.6 is 0 Å². The summed E-state index contributed by atoms with van der Waals surface area (Å²) >= 11 is 0. The van der Waals surface area contributed by atoms with Gasteiger partial charge in [-0.15, -0.1) is 0 Å². The van der Waals surface area contributed by atoms with Gasteiger partial charge in [0.05, 0.1) is 30.6 Å². The highest BCUT2D eigenvalue weighted by atomic mass is 16.5. The molecule has 3 aromatic rings. The molecule has 1 aliphatic carbocycles. The van der Waals surface area contributed by atoms with Gasteiger partial charge in [-0.05, 0) is 37.8 Å². The molecule has 5 rings (SSSR count). The molecule has 2 aromatic heterocycles. The Morgan fingerprint density at radius 3 is 2.79 bits per heavy atom. The summed E-state index contributed by atoms with van der Waals surface area (Å²) in [4.78, 5) is 8.67. The number of benzene rings is 1. The number of hydrogen-bond acceptors (Lipinski definition) is 5. The van der Waals surface area contributed by atoms with Crippen LogP contribution in [0.4, 0.5) is 0 Å². The molecule has 1 aliphatic heterocycles. The highest BCUT2D eigenvalue weighted by Gasteiger charge is 2.57. The zero-order chi connectivity index (χ0) is 19.3. The Hall–Kier alpha value is -2.28. The number of nitrogens with zero attached hydrogens (tertiary/aromatic N) is 3. The number of aliphatic hydroxyl groups is 2. The Morgan fingerprint density at radius 1 is 1.14 bits per heavy atom. The molecule has 1 spiro atoms. The Labute approximate surface area is 163 Å². The standard InChI is InChI=1S/C22H25N3O3/c1-14-17-7-8-25(21(17)24-13-23-14)18-11-22(20(27)19(18)26)10-16(28-12-22)9-15-5-3-2-4-6-15/h2-8,13,16,18-20,26-27H,9-12H2,1H3/t16-,18-,19+,20+,22+/m1/s1. The first-order valence-electron chi connectivity index (χ1n) is 9.87. The molecule has 1 saturated carbocycles. The molecule has 6 heteroatoms. The Bertz CT molecular complexity index is 989. The molecule has 2 fully saturated rings. The third-order valence-corrected chi connectivity index (χ3v) is 6.57. The molecule has 2 aliphatic rings. The zero-order valence-electron chi connectivity index (χ0n) is 15.9. The summed E-state index contributed by atoms with van der Waals surface area (Å²) in [6.45, 7) is 2.43. The van der Waals surface area contributed by atoms with Crippen LogP contribution in [0.5, 0.6) is 0 Å². The molecule has 0 radical (unpaired) electrons. The molecule has 5 atom stereocenters. The summed E-state index contributed by atoms with van der Waals surface area (Å²) in [5.74, 6) is 0. The van der Waals surface area contributed by atoms with Gasteiger partial charge >= 0.3 is 0 Å². The lowest BCUT2D eigenvalue weighted by molar-refractivity contribution is -0.0308. The van der Waals surface area contributed by atoms with Gasteiger partial charge in [0, 0.05) is 17.0 Å². The number of aliphatic hydroxyl groups excluding tert-OH is 2. The van der Waals surface area contributed by atoms with Crippen molar-refractivity contribution >= 4 is 11.0 Å². The fourth-order valence-electron chi connectivity index (χ4n) is 5.07. The maximum atomic E-state index is 11.0. The highest BCUT2D eigenvalue weighted by Crippen LogP contribution is 2.52. The quantitative estimate of drug-likeness (QED) is 0.731. The van der Waals surface area contributed by atoms with Crippen molar-refractivity contribution in [3.8, 4) is 0 Å². The van der Waals surface area contributed by atoms with Gasteiger partial charge in [-0.1, -0.05) is 30.3 Å². The van der Waals surface area contributed by atoms with E-state index >= 15 is 0 Å². The van der Waals surface area contributed by atoms with Crippen molar-refractivity contribution in [2.24, 2.45) is 5.41 Å². The van der Waals surface area contributed by atoms with Crippen LogP contribution in [0, 0.1) is 12.3 Å². The van der Waals surface area contributed by atoms with E-state index in [4.69, 9.17) is 4.74 Å². The van der Waals surface area contributed by atoms with E-state index in [0.29, 0.717) is 13.0 Å². The first kappa shape index (κ1) is 17.8. The summed E-state index contributed by atoms with van der Waals surface area (Å²) in [5.41, 5.74) is 2.54. The van der Waals surface area contributed by atoms with Gasteiger partial charge in [0.1, 0.15) is 18.1 Å². The zero-order valence-corrected chi connectivity index (χ0v) is 15.9. The van der Waals surface area contributed by atoms with Gasteiger partial charge in [0.25, 0.3) is 0 Å². The van der Waals surface area contributed by atoms with E-state index in [1.54, 1.807) is 6.33 Å². The summed E-state index contributed by atoms with van der Waals surface area (Å²) < 4.78 is 8.08. The van der Waals surface area contributed by atoms with Crippen molar-refractivity contribution in [1.82, 2.24) is 14.5 Å². The monoisotopic (exact) mass is 379 g/mol. The molecule has 2 N–H and O–H groups in total. The molecule has 28 heavy (non-hydrogen) atoms. The molecule has 0 unspecified atom stereocenters. The van der Waals surface area contributed by atoms with Crippen LogP contribution in [0.15, 0.2) is 48.9 Å². The molecular formula is C22H25N3O3. The van der Waals surface area contributed by atoms with E-state index in [-0.39, 0.29) is 12.1 Å². The number of hydrogen-bond donors (Lipinski definition) is 2. The average Bonchev–Trinajstić information content (AvgIpc) is 3.37. The Morgan fingerprint density at radius 2 is 1.96 bits per heavy atom. The summed E-state index contributed by atoms with van der Waals surface area (Å²) in [6.07, 6.45) is 4.17. The van der Waals surface area contributed by atoms with E-state index in [0.717, 1.165) is 29.6 Å². The van der Waals surface area contributed by atoms with Crippen LogP contribution in [0.2, 0.25) is 0 Å². The van der Waals surface area contributed by atoms with E-state index < -0.39 is 17.6 Å². The predicted octanol–water partition coefficient (Wildman–Crippen LogP) is 2.42. The minimum Gasteiger partial charge on any atom is -0.390 e. The van der Waals surface area contributed by atoms with E-state index in [1.807, 2.05) is 42.0 Å². The normalized spacial score (nSPS) is 32.5. The summed E-state index contributed by atoms with van der Waals surface area (Å²) in [6, 6.07) is 12.0. The van der Waals surface area contributed by atoms with E-state index in [9.17, 15) is 10.2 Å². The fraction of sp³-hybridized carbons (Fsp3) is 0.455. The predicted molar refractivity (Wildman–Crippen MR) is 105 cm³/mol. The van der Waals surface area contributed by atoms with Gasteiger partial charge < -0.3 is 19.5 Å². The van der Waals surface area contributed by atoms with Crippen LogP contribution in [-0.2, 0) is 11.2 Å². The third-order valence-electron chi connectivity index (χ3n) is 6.57. The second-order valence-electron chi connectivity index (χ2n) is 8.32. The van der Waals surface area contributed by atoms with Crippen LogP contribution < -0.4 is 0 Å². The number of aromatic nitrogens is 3. The molecular weight excluding hydrogens is 354 g/mol. The van der Waals surface area contributed by atoms with Gasteiger partial charge in [0.15, 0.2) is 0 Å². The topological polar surface area (TPSA) is 80.4 Å². The number of ether oxygens (including phenoxy) is 1. The van der Waals surface area contributed by atoms with E-state index in [1.165, 1.54) is 5.56 Å². The SMILES string of the molecule is Cc1ncnc2c1ccn2[C@@H]1C[C@@]2(CO[C@H](Cc3ccccc3)C2)[C@@H](O)[C@H]1O. The number of aryl methyl sites for hydroxylation is 1. The minimum atomic E-state index is -0.843. The van der Waals surface area contributed by atoms with Crippen molar-refractivity contribution < 1.29 is 14.9 Å². The van der Waals surface area contributed by atoms with Gasteiger partial charge in [-0.2, -0.15) is 0 Å². The van der Waals surface area contributed by atoms with Gasteiger partial charge in [0.2, 0.25) is 0 Å². The molecule has 146 valence electrons. The van der Waals surface area contributed by atoms with Crippen molar-refractivity contribution in [2.75, 3.05) is 6.61 Å². The van der Waals surface area contributed by atoms with Crippen molar-refractivity contribution in [1.29, 1.82) is 0 Å². The molecule has 0 amide bonds. The van der Waals surface area contributed by atoms with Gasteiger partial charge in [-0.25, -0.2) is 9.97 Å². The third kappa shape index (κ3) is 2.75. The lowest BCUT2D eigenvalue weighted by Crippen LogP contribution is -2.37. The number of rotatable bonds is 3. The van der Waals surface area contributed by atoms with Crippen LogP contribution in [0.1, 0.15) is 30.1 Å². The van der Waals surface area contributed by atoms with Gasteiger partial charge in [-0.3, -0.25) is 0 Å². The minimum absolute atomic E-state index is 0.0639. The highest BCUT2D eigenvalue weighted by molar-refractivity contribution is 5.78. The van der Waals surface area contributed by atoms with Crippen molar-refractivity contribution in [3.63, 3.8) is 0 Å². The van der Waals surface area contributed by atoms with Crippen molar-refractivity contribution in [3.05, 3.63) is 60.2 Å². The molecule has 6 nitrogen and oxygen atoms in total. The van der Waals surface area contributed by atoms with Crippen LogP contribution in [0.25, 0.3) is 11.0 Å². The summed E-state index contributed by atoms with van der Waals surface area (Å²) in [5, 5.41) is 22.8. The Balaban J connectivity index is 1.40. The first-order chi connectivity index (χ1) is 13.6. The molecule has 1 aromatic carbocycles. The molecule has 3 heterocycles. The molecule has 1 saturated heterocycles. The maximum absolute atomic E-state index is 11.0. The second-order valence-corrected chi connectivity index (χ2v) is 8.32. The van der Waals surface area contributed by atoms with Crippen molar-refractivity contribution in [2.45, 2.75) is 50.5 Å². The van der Waals surface area contributed by atoms with Crippen LogP contribution in [0.3, 0.4) is 0 Å².